The van der Waals surface area contributed by atoms with Crippen molar-refractivity contribution < 1.29 is 13.2 Å². The fourth-order valence-electron chi connectivity index (χ4n) is 3.45. The Labute approximate surface area is 211 Å². The van der Waals surface area contributed by atoms with Crippen LogP contribution in [0.4, 0.5) is 5.69 Å². The quantitative estimate of drug-likeness (QED) is 0.342. The first-order chi connectivity index (χ1) is 16.1. The molecule has 8 nitrogen and oxygen atoms in total. The molecule has 0 bridgehead atoms. The molecule has 2 aromatic carbocycles. The summed E-state index contributed by atoms with van der Waals surface area (Å²) in [5.74, 6) is -1.12. The minimum Gasteiger partial charge on any atom is -0.387 e. The van der Waals surface area contributed by atoms with E-state index in [4.69, 9.17) is 11.6 Å². The average Bonchev–Trinajstić information content (AvgIpc) is 3.22. The Morgan fingerprint density at radius 3 is 2.47 bits per heavy atom. The Bertz CT molecular complexity index is 1640. The van der Waals surface area contributed by atoms with E-state index in [2.05, 4.69) is 26.2 Å². The van der Waals surface area contributed by atoms with Crippen molar-refractivity contribution in [3.63, 3.8) is 0 Å². The number of H-pyrrole nitrogens is 1. The topological polar surface area (TPSA) is 118 Å². The predicted molar refractivity (Wildman–Crippen MR) is 138 cm³/mol. The molecule has 0 unspecified atom stereocenters. The second-order valence-corrected chi connectivity index (χ2v) is 12.2. The lowest BCUT2D eigenvalue weighted by Gasteiger charge is -2.10. The predicted octanol–water partition coefficient (Wildman–Crippen LogP) is 3.78. The summed E-state index contributed by atoms with van der Waals surface area (Å²) in [7, 11) is -2.04. The lowest BCUT2D eigenvalue weighted by atomic mass is 10.1. The maximum absolute atomic E-state index is 13.0. The number of rotatable bonds is 7. The molecule has 0 spiro atoms. The molecule has 0 aliphatic carbocycles. The van der Waals surface area contributed by atoms with Crippen LogP contribution >= 0.6 is 38.9 Å². The zero-order chi connectivity index (χ0) is 24.6. The number of hydrogen-bond acceptors (Lipinski definition) is 7. The summed E-state index contributed by atoms with van der Waals surface area (Å²) in [6.45, 7) is 0. The number of aromatic nitrogens is 2. The summed E-state index contributed by atoms with van der Waals surface area (Å²) >= 11 is 10.1. The lowest BCUT2D eigenvalue weighted by Crippen LogP contribution is -2.33. The molecule has 4 aromatic rings. The Hall–Kier alpha value is -2.73. The van der Waals surface area contributed by atoms with E-state index in [-0.39, 0.29) is 10.6 Å². The standard InChI is InChI=1S/C22H17BrClN3O5S2/c1-25-18-10-17-15(9-16(18)23)21(29)27(22(30)26-17)13-4-2-12(3-5-13)8-14(28)11-34(31,32)20-7-6-19(24)33-20/h2-7,9-10,25H,8,11H2,1H3,(H,26,30). The van der Waals surface area contributed by atoms with E-state index in [0.29, 0.717) is 31.0 Å². The van der Waals surface area contributed by atoms with Gasteiger partial charge in [0.25, 0.3) is 5.56 Å². The summed E-state index contributed by atoms with van der Waals surface area (Å²) in [4.78, 5) is 40.8. The van der Waals surface area contributed by atoms with Crippen LogP contribution in [0.1, 0.15) is 5.56 Å². The number of anilines is 1. The molecule has 12 heteroatoms. The first-order valence-electron chi connectivity index (χ1n) is 9.84. The largest absolute Gasteiger partial charge is 0.387 e. The average molecular weight is 583 g/mol. The van der Waals surface area contributed by atoms with Crippen molar-refractivity contribution in [3.8, 4) is 5.69 Å². The van der Waals surface area contributed by atoms with Gasteiger partial charge in [-0.3, -0.25) is 9.59 Å². The van der Waals surface area contributed by atoms with Crippen LogP contribution in [-0.4, -0.2) is 36.6 Å². The Kier molecular flexibility index (Phi) is 6.81. The van der Waals surface area contributed by atoms with Crippen LogP contribution in [0.3, 0.4) is 0 Å². The third-order valence-electron chi connectivity index (χ3n) is 5.06. The Morgan fingerprint density at radius 2 is 1.85 bits per heavy atom. The van der Waals surface area contributed by atoms with Crippen molar-refractivity contribution >= 4 is 71.1 Å². The van der Waals surface area contributed by atoms with Crippen LogP contribution in [-0.2, 0) is 21.1 Å². The van der Waals surface area contributed by atoms with Crippen LogP contribution in [0.5, 0.6) is 0 Å². The number of thiophene rings is 1. The van der Waals surface area contributed by atoms with E-state index in [0.717, 1.165) is 21.6 Å². The van der Waals surface area contributed by atoms with Gasteiger partial charge in [-0.05, 0) is 57.9 Å². The summed E-state index contributed by atoms with van der Waals surface area (Å²) in [5, 5.41) is 3.29. The number of carbonyl (C=O) groups is 1. The summed E-state index contributed by atoms with van der Waals surface area (Å²) < 4.78 is 26.8. The van der Waals surface area contributed by atoms with E-state index in [9.17, 15) is 22.8 Å². The number of nitrogens with one attached hydrogen (secondary N) is 2. The van der Waals surface area contributed by atoms with Crippen LogP contribution in [0.15, 0.2) is 66.8 Å². The highest BCUT2D eigenvalue weighted by Gasteiger charge is 2.21. The maximum atomic E-state index is 13.0. The number of hydrogen-bond donors (Lipinski definition) is 2. The number of fused-ring (bicyclic) bond motifs is 1. The minimum absolute atomic E-state index is 0.0459. The molecular formula is C22H17BrClN3O5S2. The second-order valence-electron chi connectivity index (χ2n) is 7.40. The van der Waals surface area contributed by atoms with E-state index in [1.54, 1.807) is 31.3 Å². The maximum Gasteiger partial charge on any atom is 0.333 e. The van der Waals surface area contributed by atoms with E-state index in [1.807, 2.05) is 0 Å². The lowest BCUT2D eigenvalue weighted by molar-refractivity contribution is -0.116. The molecule has 0 saturated carbocycles. The highest BCUT2D eigenvalue weighted by atomic mass is 79.9. The van der Waals surface area contributed by atoms with Crippen LogP contribution in [0.2, 0.25) is 4.34 Å². The van der Waals surface area contributed by atoms with Crippen molar-refractivity contribution in [1.29, 1.82) is 0 Å². The van der Waals surface area contributed by atoms with Gasteiger partial charge in [0.1, 0.15) is 9.96 Å². The molecule has 0 fully saturated rings. The van der Waals surface area contributed by atoms with Gasteiger partial charge in [-0.2, -0.15) is 0 Å². The highest BCUT2D eigenvalue weighted by Crippen LogP contribution is 2.27. The molecule has 0 amide bonds. The van der Waals surface area contributed by atoms with Gasteiger partial charge in [-0.25, -0.2) is 17.8 Å². The summed E-state index contributed by atoms with van der Waals surface area (Å²) in [6, 6.07) is 12.4. The van der Waals surface area contributed by atoms with Gasteiger partial charge in [0.2, 0.25) is 0 Å². The normalized spacial score (nSPS) is 11.6. The number of aromatic amines is 1. The molecule has 2 aromatic heterocycles. The molecular weight excluding hydrogens is 566 g/mol. The Balaban J connectivity index is 1.58. The number of halogens is 2. The molecule has 34 heavy (non-hydrogen) atoms. The van der Waals surface area contributed by atoms with Crippen LogP contribution in [0, 0.1) is 0 Å². The van der Waals surface area contributed by atoms with E-state index < -0.39 is 32.6 Å². The van der Waals surface area contributed by atoms with Gasteiger partial charge in [0.05, 0.1) is 26.6 Å². The molecule has 0 aliphatic heterocycles. The highest BCUT2D eigenvalue weighted by molar-refractivity contribution is 9.10. The summed E-state index contributed by atoms with van der Waals surface area (Å²) in [5.41, 5.74) is 0.893. The third kappa shape index (κ3) is 4.88. The van der Waals surface area contributed by atoms with Crippen LogP contribution in [0.25, 0.3) is 16.6 Å². The number of nitrogens with zero attached hydrogens (tertiary/aromatic N) is 1. The van der Waals surface area contributed by atoms with Crippen molar-refractivity contribution in [3.05, 3.63) is 83.7 Å². The Morgan fingerprint density at radius 1 is 1.15 bits per heavy atom. The van der Waals surface area contributed by atoms with Crippen LogP contribution < -0.4 is 16.6 Å². The second kappa shape index (κ2) is 9.49. The molecule has 0 atom stereocenters. The van der Waals surface area contributed by atoms with Gasteiger partial charge in [0, 0.05) is 17.9 Å². The first-order valence-corrected chi connectivity index (χ1v) is 13.5. The number of sulfone groups is 1. The van der Waals surface area contributed by atoms with Gasteiger partial charge in [-0.15, -0.1) is 11.3 Å². The zero-order valence-electron chi connectivity index (χ0n) is 17.6. The minimum atomic E-state index is -3.77. The molecule has 2 heterocycles. The number of benzene rings is 2. The van der Waals surface area contributed by atoms with Crippen molar-refractivity contribution in [2.24, 2.45) is 0 Å². The fraction of sp³-hybridized carbons (Fsp3) is 0.136. The molecule has 0 aliphatic rings. The SMILES string of the molecule is CNc1cc2[nH]c(=O)n(-c3ccc(CC(=O)CS(=O)(=O)c4ccc(Cl)s4)cc3)c(=O)c2cc1Br. The molecule has 0 saturated heterocycles. The summed E-state index contributed by atoms with van der Waals surface area (Å²) in [6.07, 6.45) is -0.110. The number of carbonyl (C=O) groups excluding carboxylic acids is 1. The molecule has 4 rings (SSSR count). The van der Waals surface area contributed by atoms with E-state index in [1.165, 1.54) is 24.3 Å². The molecule has 2 N–H and O–H groups in total. The van der Waals surface area contributed by atoms with Crippen molar-refractivity contribution in [1.82, 2.24) is 9.55 Å². The van der Waals surface area contributed by atoms with Gasteiger partial charge in [-0.1, -0.05) is 23.7 Å². The number of ketones is 1. The smallest absolute Gasteiger partial charge is 0.333 e. The van der Waals surface area contributed by atoms with E-state index >= 15 is 0 Å². The molecule has 176 valence electrons. The first kappa shape index (κ1) is 24.4. The third-order valence-corrected chi connectivity index (χ3v) is 9.20. The van der Waals surface area contributed by atoms with Gasteiger partial charge >= 0.3 is 5.69 Å². The zero-order valence-corrected chi connectivity index (χ0v) is 21.6. The molecule has 0 radical (unpaired) electrons. The fourth-order valence-corrected chi connectivity index (χ4v) is 6.81. The van der Waals surface area contributed by atoms with Gasteiger partial charge < -0.3 is 10.3 Å². The number of Topliss-reactive ketones (excluding diaryl/α,β-unsaturated/α-hetero) is 1. The van der Waals surface area contributed by atoms with Crippen molar-refractivity contribution in [2.75, 3.05) is 18.1 Å². The monoisotopic (exact) mass is 581 g/mol. The van der Waals surface area contributed by atoms with Gasteiger partial charge in [0.15, 0.2) is 15.6 Å². The van der Waals surface area contributed by atoms with Crippen molar-refractivity contribution in [2.45, 2.75) is 10.6 Å².